The van der Waals surface area contributed by atoms with E-state index in [4.69, 9.17) is 16.3 Å². The van der Waals surface area contributed by atoms with Gasteiger partial charge in [0.15, 0.2) is 0 Å². The quantitative estimate of drug-likeness (QED) is 0.884. The van der Waals surface area contributed by atoms with Gasteiger partial charge in [-0.25, -0.2) is 8.42 Å². The lowest BCUT2D eigenvalue weighted by atomic mass is 10.1. The van der Waals surface area contributed by atoms with Crippen molar-refractivity contribution < 1.29 is 17.9 Å². The molecule has 2 aromatic carbocycles. The van der Waals surface area contributed by atoms with Crippen LogP contribution < -0.4 is 9.46 Å². The Labute approximate surface area is 151 Å². The van der Waals surface area contributed by atoms with Crippen molar-refractivity contribution in [3.63, 3.8) is 0 Å². The zero-order chi connectivity index (χ0) is 18.0. The van der Waals surface area contributed by atoms with Gasteiger partial charge >= 0.3 is 0 Å². The lowest BCUT2D eigenvalue weighted by molar-refractivity contribution is 0.0765. The van der Waals surface area contributed by atoms with Crippen LogP contribution in [0.1, 0.15) is 17.3 Å². The number of anilines is 1. The predicted molar refractivity (Wildman–Crippen MR) is 95.8 cm³/mol. The van der Waals surface area contributed by atoms with Crippen molar-refractivity contribution in [2.75, 3.05) is 24.4 Å². The number of carbonyl (C=O) groups excluding carboxylic acids is 1. The van der Waals surface area contributed by atoms with Gasteiger partial charge in [0.25, 0.3) is 15.9 Å². The molecule has 1 amide bonds. The van der Waals surface area contributed by atoms with E-state index in [0.717, 1.165) is 0 Å². The molecule has 0 spiro atoms. The lowest BCUT2D eigenvalue weighted by Gasteiger charge is -2.17. The highest BCUT2D eigenvalue weighted by Crippen LogP contribution is 2.28. The highest BCUT2D eigenvalue weighted by atomic mass is 35.5. The second-order valence-corrected chi connectivity index (χ2v) is 7.62. The molecular formula is C17H17ClN2O4S. The number of halogens is 1. The molecule has 0 unspecified atom stereocenters. The Hall–Kier alpha value is -2.25. The maximum Gasteiger partial charge on any atom is 0.261 e. The van der Waals surface area contributed by atoms with Gasteiger partial charge in [-0.3, -0.25) is 9.52 Å². The Balaban J connectivity index is 1.92. The number of ether oxygens (including phenoxy) is 1. The molecule has 25 heavy (non-hydrogen) atoms. The molecule has 0 saturated carbocycles. The van der Waals surface area contributed by atoms with Crippen LogP contribution in [0.3, 0.4) is 0 Å². The largest absolute Gasteiger partial charge is 0.491 e. The molecule has 1 N–H and O–H groups in total. The molecule has 1 aliphatic rings. The summed E-state index contributed by atoms with van der Waals surface area (Å²) in [5, 5.41) is 0.450. The minimum absolute atomic E-state index is 0.0876. The first-order valence-corrected chi connectivity index (χ1v) is 9.61. The molecule has 1 heterocycles. The maximum atomic E-state index is 12.5. The summed E-state index contributed by atoms with van der Waals surface area (Å²) in [5.74, 6) is 0.276. The van der Waals surface area contributed by atoms with Crippen molar-refractivity contribution in [3.05, 3.63) is 53.1 Å². The number of rotatable bonds is 4. The van der Waals surface area contributed by atoms with Crippen LogP contribution in [0.25, 0.3) is 0 Å². The monoisotopic (exact) mass is 380 g/mol. The first-order chi connectivity index (χ1) is 11.9. The smallest absolute Gasteiger partial charge is 0.261 e. The van der Waals surface area contributed by atoms with Crippen LogP contribution in [0.15, 0.2) is 47.4 Å². The number of benzene rings is 2. The van der Waals surface area contributed by atoms with Crippen LogP contribution in [0, 0.1) is 0 Å². The molecule has 0 bridgehead atoms. The van der Waals surface area contributed by atoms with E-state index in [1.807, 2.05) is 6.92 Å². The SMILES string of the molecule is CCN1CCOc2ccc(NS(=O)(=O)c3ccc(Cl)cc3)cc2C1=O. The highest BCUT2D eigenvalue weighted by molar-refractivity contribution is 7.92. The van der Waals surface area contributed by atoms with Crippen molar-refractivity contribution in [2.24, 2.45) is 0 Å². The Bertz CT molecular complexity index is 897. The van der Waals surface area contributed by atoms with Crippen LogP contribution in [-0.4, -0.2) is 38.9 Å². The van der Waals surface area contributed by atoms with Crippen LogP contribution in [-0.2, 0) is 10.0 Å². The summed E-state index contributed by atoms with van der Waals surface area (Å²) in [4.78, 5) is 14.3. The van der Waals surface area contributed by atoms with Crippen molar-refractivity contribution in [2.45, 2.75) is 11.8 Å². The van der Waals surface area contributed by atoms with Crippen molar-refractivity contribution in [1.82, 2.24) is 4.90 Å². The van der Waals surface area contributed by atoms with Crippen molar-refractivity contribution in [3.8, 4) is 5.75 Å². The predicted octanol–water partition coefficient (Wildman–Crippen LogP) is 3.00. The molecule has 8 heteroatoms. The van der Waals surface area contributed by atoms with Crippen molar-refractivity contribution in [1.29, 1.82) is 0 Å². The van der Waals surface area contributed by atoms with E-state index >= 15 is 0 Å². The number of fused-ring (bicyclic) bond motifs is 1. The summed E-state index contributed by atoms with van der Waals surface area (Å²) < 4.78 is 33.0. The first kappa shape index (κ1) is 17.6. The molecule has 3 rings (SSSR count). The molecule has 0 fully saturated rings. The van der Waals surface area contributed by atoms with Gasteiger partial charge in [-0.15, -0.1) is 0 Å². The standard InChI is InChI=1S/C17H17ClN2O4S/c1-2-20-9-10-24-16-8-5-13(11-15(16)17(20)21)19-25(22,23)14-6-3-12(18)4-7-14/h3-8,11,19H,2,9-10H2,1H3. The molecule has 0 aliphatic carbocycles. The first-order valence-electron chi connectivity index (χ1n) is 7.75. The summed E-state index contributed by atoms with van der Waals surface area (Å²) in [6, 6.07) is 10.5. The van der Waals surface area contributed by atoms with E-state index in [0.29, 0.717) is 41.7 Å². The topological polar surface area (TPSA) is 75.7 Å². The minimum atomic E-state index is -3.78. The molecule has 1 aliphatic heterocycles. The Morgan fingerprint density at radius 1 is 1.20 bits per heavy atom. The van der Waals surface area contributed by atoms with E-state index in [1.165, 1.54) is 30.3 Å². The number of amides is 1. The number of sulfonamides is 1. The zero-order valence-electron chi connectivity index (χ0n) is 13.5. The maximum absolute atomic E-state index is 12.5. The number of hydrogen-bond acceptors (Lipinski definition) is 4. The normalized spacial score (nSPS) is 14.5. The lowest BCUT2D eigenvalue weighted by Crippen LogP contribution is -2.32. The molecule has 0 radical (unpaired) electrons. The van der Waals surface area contributed by atoms with Crippen LogP contribution in [0.5, 0.6) is 5.75 Å². The zero-order valence-corrected chi connectivity index (χ0v) is 15.1. The van der Waals surface area contributed by atoms with Gasteiger partial charge in [-0.05, 0) is 49.4 Å². The second-order valence-electron chi connectivity index (χ2n) is 5.50. The van der Waals surface area contributed by atoms with Crippen LogP contribution in [0.2, 0.25) is 5.02 Å². The van der Waals surface area contributed by atoms with Crippen LogP contribution in [0.4, 0.5) is 5.69 Å². The third-order valence-electron chi connectivity index (χ3n) is 3.87. The van der Waals surface area contributed by atoms with Gasteiger partial charge in [0.05, 0.1) is 17.0 Å². The number of nitrogens with zero attached hydrogens (tertiary/aromatic N) is 1. The van der Waals surface area contributed by atoms with Gasteiger partial charge < -0.3 is 9.64 Å². The summed E-state index contributed by atoms with van der Waals surface area (Å²) in [5.41, 5.74) is 0.638. The van der Waals surface area contributed by atoms with E-state index in [-0.39, 0.29) is 10.8 Å². The molecule has 0 atom stereocenters. The molecule has 2 aromatic rings. The van der Waals surface area contributed by atoms with Gasteiger partial charge in [0.1, 0.15) is 12.4 Å². The highest BCUT2D eigenvalue weighted by Gasteiger charge is 2.23. The fourth-order valence-corrected chi connectivity index (χ4v) is 3.73. The van der Waals surface area contributed by atoms with Gasteiger partial charge in [0, 0.05) is 17.3 Å². The number of hydrogen-bond donors (Lipinski definition) is 1. The summed E-state index contributed by atoms with van der Waals surface area (Å²) in [6.07, 6.45) is 0. The van der Waals surface area contributed by atoms with E-state index in [2.05, 4.69) is 4.72 Å². The van der Waals surface area contributed by atoms with Gasteiger partial charge in [-0.1, -0.05) is 11.6 Å². The number of nitrogens with one attached hydrogen (secondary N) is 1. The Kier molecular flexibility index (Phi) is 4.87. The van der Waals surface area contributed by atoms with Gasteiger partial charge in [0.2, 0.25) is 0 Å². The minimum Gasteiger partial charge on any atom is -0.491 e. The Morgan fingerprint density at radius 2 is 1.92 bits per heavy atom. The fourth-order valence-electron chi connectivity index (χ4n) is 2.55. The van der Waals surface area contributed by atoms with Crippen molar-refractivity contribution >= 4 is 33.2 Å². The van der Waals surface area contributed by atoms with E-state index in [1.54, 1.807) is 17.0 Å². The number of likely N-dealkylation sites (N-methyl/N-ethyl adjacent to an activating group) is 1. The summed E-state index contributed by atoms with van der Waals surface area (Å²) in [6.45, 7) is 3.34. The Morgan fingerprint density at radius 3 is 2.60 bits per heavy atom. The van der Waals surface area contributed by atoms with Gasteiger partial charge in [-0.2, -0.15) is 0 Å². The summed E-state index contributed by atoms with van der Waals surface area (Å²) >= 11 is 5.79. The van der Waals surface area contributed by atoms with E-state index in [9.17, 15) is 13.2 Å². The van der Waals surface area contributed by atoms with Crippen LogP contribution >= 0.6 is 11.6 Å². The second kappa shape index (κ2) is 6.93. The fraction of sp³-hybridized carbons (Fsp3) is 0.235. The molecular weight excluding hydrogens is 364 g/mol. The third-order valence-corrected chi connectivity index (χ3v) is 5.52. The third kappa shape index (κ3) is 3.72. The molecule has 0 aromatic heterocycles. The summed E-state index contributed by atoms with van der Waals surface area (Å²) in [7, 11) is -3.78. The molecule has 6 nitrogen and oxygen atoms in total. The molecule has 0 saturated heterocycles. The van der Waals surface area contributed by atoms with E-state index < -0.39 is 10.0 Å². The number of carbonyl (C=O) groups is 1. The average molecular weight is 381 g/mol. The average Bonchev–Trinajstić information content (AvgIpc) is 2.74. The molecule has 132 valence electrons.